The molecule has 1 saturated heterocycles. The van der Waals surface area contributed by atoms with Crippen LogP contribution in [0.15, 0.2) is 24.3 Å². The van der Waals surface area contributed by atoms with Crippen molar-refractivity contribution < 1.29 is 13.2 Å². The molecule has 0 aliphatic carbocycles. The maximum absolute atomic E-state index is 12.5. The van der Waals surface area contributed by atoms with Gasteiger partial charge in [-0.3, -0.25) is 0 Å². The first kappa shape index (κ1) is 16.1. The van der Waals surface area contributed by atoms with Crippen molar-refractivity contribution in [1.82, 2.24) is 5.32 Å². The van der Waals surface area contributed by atoms with Gasteiger partial charge in [-0.25, -0.2) is 0 Å². The third-order valence-corrected chi connectivity index (χ3v) is 3.93. The zero-order valence-electron chi connectivity index (χ0n) is 12.3. The molecule has 0 saturated carbocycles. The molecule has 1 fully saturated rings. The predicted octanol–water partition coefficient (Wildman–Crippen LogP) is 4.43. The smallest absolute Gasteiger partial charge is 0.383 e. The Labute approximate surface area is 124 Å². The molecule has 1 heterocycles. The van der Waals surface area contributed by atoms with Crippen LogP contribution in [0.25, 0.3) is 0 Å². The summed E-state index contributed by atoms with van der Waals surface area (Å²) in [6, 6.07) is 5.99. The Balaban J connectivity index is 1.85. The average molecular weight is 300 g/mol. The van der Waals surface area contributed by atoms with Crippen molar-refractivity contribution in [3.8, 4) is 0 Å². The van der Waals surface area contributed by atoms with E-state index in [0.29, 0.717) is 6.04 Å². The molecule has 2 rings (SSSR count). The Hall–Kier alpha value is -1.23. The van der Waals surface area contributed by atoms with Gasteiger partial charge in [0.05, 0.1) is 5.56 Å². The molecule has 0 spiro atoms. The van der Waals surface area contributed by atoms with E-state index in [1.807, 2.05) is 0 Å². The summed E-state index contributed by atoms with van der Waals surface area (Å²) in [6.07, 6.45) is 1.67. The molecule has 5 heteroatoms. The van der Waals surface area contributed by atoms with Crippen molar-refractivity contribution in [2.75, 3.05) is 11.9 Å². The first-order valence-corrected chi connectivity index (χ1v) is 7.62. The third kappa shape index (κ3) is 5.23. The Bertz CT molecular complexity index is 420. The number of hydrogen-bond donors (Lipinski definition) is 2. The molecule has 0 bridgehead atoms. The number of halogens is 3. The van der Waals surface area contributed by atoms with Crippen molar-refractivity contribution in [1.29, 1.82) is 0 Å². The van der Waals surface area contributed by atoms with E-state index in [1.165, 1.54) is 37.8 Å². The second kappa shape index (κ2) is 7.16. The van der Waals surface area contributed by atoms with E-state index in [0.717, 1.165) is 30.8 Å². The third-order valence-electron chi connectivity index (χ3n) is 3.93. The van der Waals surface area contributed by atoms with E-state index in [9.17, 15) is 13.2 Å². The molecule has 21 heavy (non-hydrogen) atoms. The molecular weight excluding hydrogens is 277 g/mol. The fraction of sp³-hybridized carbons (Fsp3) is 0.625. The SMILES string of the molecule is CC(CC1CCCCCN1)Nc1ccc(C(F)(F)F)cc1. The van der Waals surface area contributed by atoms with Gasteiger partial charge in [-0.1, -0.05) is 12.8 Å². The zero-order chi connectivity index (χ0) is 15.3. The van der Waals surface area contributed by atoms with Crippen molar-refractivity contribution >= 4 is 5.69 Å². The lowest BCUT2D eigenvalue weighted by molar-refractivity contribution is -0.137. The highest BCUT2D eigenvalue weighted by Crippen LogP contribution is 2.30. The number of benzene rings is 1. The minimum atomic E-state index is -4.27. The summed E-state index contributed by atoms with van der Waals surface area (Å²) in [6.45, 7) is 3.14. The Morgan fingerprint density at radius 2 is 1.90 bits per heavy atom. The van der Waals surface area contributed by atoms with Crippen molar-refractivity contribution in [2.24, 2.45) is 0 Å². The number of rotatable bonds is 4. The first-order chi connectivity index (χ1) is 9.95. The minimum absolute atomic E-state index is 0.234. The van der Waals surface area contributed by atoms with Crippen LogP contribution in [0.4, 0.5) is 18.9 Å². The Morgan fingerprint density at radius 1 is 1.19 bits per heavy atom. The van der Waals surface area contributed by atoms with E-state index in [2.05, 4.69) is 17.6 Å². The Morgan fingerprint density at radius 3 is 2.57 bits per heavy atom. The summed E-state index contributed by atoms with van der Waals surface area (Å²) < 4.78 is 37.5. The van der Waals surface area contributed by atoms with E-state index in [-0.39, 0.29) is 6.04 Å². The van der Waals surface area contributed by atoms with Gasteiger partial charge in [0.25, 0.3) is 0 Å². The first-order valence-electron chi connectivity index (χ1n) is 7.62. The van der Waals surface area contributed by atoms with Gasteiger partial charge in [0.15, 0.2) is 0 Å². The molecule has 1 aromatic carbocycles. The van der Waals surface area contributed by atoms with E-state index in [4.69, 9.17) is 0 Å². The van der Waals surface area contributed by atoms with Crippen LogP contribution in [-0.4, -0.2) is 18.6 Å². The molecule has 2 N–H and O–H groups in total. The quantitative estimate of drug-likeness (QED) is 0.859. The van der Waals surface area contributed by atoms with Gasteiger partial charge in [0.2, 0.25) is 0 Å². The second-order valence-electron chi connectivity index (χ2n) is 5.86. The van der Waals surface area contributed by atoms with Crippen molar-refractivity contribution in [2.45, 2.75) is 57.3 Å². The molecule has 0 radical (unpaired) electrons. The summed E-state index contributed by atoms with van der Waals surface area (Å²) in [5.41, 5.74) is 0.134. The topological polar surface area (TPSA) is 24.1 Å². The largest absolute Gasteiger partial charge is 0.416 e. The molecule has 1 aliphatic rings. The van der Waals surface area contributed by atoms with Gasteiger partial charge >= 0.3 is 6.18 Å². The highest BCUT2D eigenvalue weighted by molar-refractivity contribution is 5.45. The highest BCUT2D eigenvalue weighted by atomic mass is 19.4. The maximum atomic E-state index is 12.5. The monoisotopic (exact) mass is 300 g/mol. The van der Waals surface area contributed by atoms with Crippen LogP contribution >= 0.6 is 0 Å². The molecule has 0 amide bonds. The van der Waals surface area contributed by atoms with Gasteiger partial charge < -0.3 is 10.6 Å². The van der Waals surface area contributed by atoms with Gasteiger partial charge in [-0.05, 0) is 57.0 Å². The summed E-state index contributed by atoms with van der Waals surface area (Å²) in [7, 11) is 0. The van der Waals surface area contributed by atoms with E-state index >= 15 is 0 Å². The molecule has 0 aromatic heterocycles. The number of alkyl halides is 3. The molecule has 118 valence electrons. The fourth-order valence-electron chi connectivity index (χ4n) is 2.83. The average Bonchev–Trinajstić information content (AvgIpc) is 2.67. The van der Waals surface area contributed by atoms with Crippen LogP contribution in [0.3, 0.4) is 0 Å². The standard InChI is InChI=1S/C16H23F3N2/c1-12(11-15-5-3-2-4-10-20-15)21-14-8-6-13(7-9-14)16(17,18)19/h6-9,12,15,20-21H,2-5,10-11H2,1H3. The molecule has 2 nitrogen and oxygen atoms in total. The maximum Gasteiger partial charge on any atom is 0.416 e. The second-order valence-corrected chi connectivity index (χ2v) is 5.86. The molecule has 1 aliphatic heterocycles. The van der Waals surface area contributed by atoms with Gasteiger partial charge in [0.1, 0.15) is 0 Å². The van der Waals surface area contributed by atoms with Crippen LogP contribution in [-0.2, 0) is 6.18 Å². The highest BCUT2D eigenvalue weighted by Gasteiger charge is 2.30. The lowest BCUT2D eigenvalue weighted by Crippen LogP contribution is -2.33. The summed E-state index contributed by atoms with van der Waals surface area (Å²) in [4.78, 5) is 0. The number of hydrogen-bond acceptors (Lipinski definition) is 2. The van der Waals surface area contributed by atoms with Crippen LogP contribution < -0.4 is 10.6 Å². The lowest BCUT2D eigenvalue weighted by Gasteiger charge is -2.22. The minimum Gasteiger partial charge on any atom is -0.383 e. The van der Waals surface area contributed by atoms with Crippen LogP contribution in [0, 0.1) is 0 Å². The molecule has 2 atom stereocenters. The number of nitrogens with one attached hydrogen (secondary N) is 2. The van der Waals surface area contributed by atoms with Gasteiger partial charge in [-0.2, -0.15) is 13.2 Å². The molecule has 1 aromatic rings. The van der Waals surface area contributed by atoms with Crippen LogP contribution in [0.5, 0.6) is 0 Å². The van der Waals surface area contributed by atoms with Gasteiger partial charge in [0, 0.05) is 17.8 Å². The summed E-state index contributed by atoms with van der Waals surface area (Å²) in [5, 5.41) is 6.82. The van der Waals surface area contributed by atoms with E-state index < -0.39 is 11.7 Å². The predicted molar refractivity (Wildman–Crippen MR) is 79.4 cm³/mol. The van der Waals surface area contributed by atoms with Gasteiger partial charge in [-0.15, -0.1) is 0 Å². The van der Waals surface area contributed by atoms with Crippen molar-refractivity contribution in [3.63, 3.8) is 0 Å². The van der Waals surface area contributed by atoms with Crippen LogP contribution in [0.2, 0.25) is 0 Å². The van der Waals surface area contributed by atoms with E-state index in [1.54, 1.807) is 0 Å². The van der Waals surface area contributed by atoms with Crippen molar-refractivity contribution in [3.05, 3.63) is 29.8 Å². The normalized spacial score (nSPS) is 21.6. The Kier molecular flexibility index (Phi) is 5.51. The summed E-state index contributed by atoms with van der Waals surface area (Å²) in [5.74, 6) is 0. The summed E-state index contributed by atoms with van der Waals surface area (Å²) >= 11 is 0. The molecular formula is C16H23F3N2. The zero-order valence-corrected chi connectivity index (χ0v) is 12.3. The number of anilines is 1. The molecule has 2 unspecified atom stereocenters. The van der Waals surface area contributed by atoms with Crippen LogP contribution in [0.1, 0.15) is 44.6 Å². The fourth-order valence-corrected chi connectivity index (χ4v) is 2.83. The lowest BCUT2D eigenvalue weighted by atomic mass is 10.0.